The molecule has 0 heterocycles. The molecule has 0 aromatic heterocycles. The van der Waals surface area contributed by atoms with Crippen molar-refractivity contribution in [3.8, 4) is 0 Å². The van der Waals surface area contributed by atoms with Crippen LogP contribution in [0.1, 0.15) is 19.8 Å². The Labute approximate surface area is 149 Å². The molecule has 142 valence electrons. The van der Waals surface area contributed by atoms with Gasteiger partial charge in [0.1, 0.15) is 0 Å². The minimum Gasteiger partial charge on any atom is -1.00 e. The van der Waals surface area contributed by atoms with Crippen LogP contribution in [0.15, 0.2) is 12.2 Å². The first-order valence-electron chi connectivity index (χ1n) is 7.64. The van der Waals surface area contributed by atoms with E-state index in [4.69, 9.17) is 11.5 Å². The van der Waals surface area contributed by atoms with E-state index >= 15 is 0 Å². The van der Waals surface area contributed by atoms with Gasteiger partial charge in [0.05, 0.1) is 61.3 Å². The molecule has 0 radical (unpaired) electrons. The summed E-state index contributed by atoms with van der Waals surface area (Å²) in [6.45, 7) is 8.46. The zero-order valence-electron chi connectivity index (χ0n) is 16.2. The number of carbonyl (C=O) groups excluding carboxylic acids is 1. The van der Waals surface area contributed by atoms with Gasteiger partial charge in [0.2, 0.25) is 0 Å². The van der Waals surface area contributed by atoms with Crippen molar-refractivity contribution in [2.75, 3.05) is 68.5 Å². The molecule has 0 unspecified atom stereocenters. The standard InChI is InChI=1S/2C6H17N2.C4H6O2.ClH/c2*1-8(2,3)6-4-5-7;1-3(2)4(5)6;/h2*4-7H2,1-3H3;1H2,2H3,(H,5,6);1H/q2*+1;;/p-2. The predicted molar refractivity (Wildman–Crippen MR) is 93.0 cm³/mol. The number of halogens is 1. The molecule has 0 spiro atoms. The maximum absolute atomic E-state index is 9.49. The van der Waals surface area contributed by atoms with Crippen molar-refractivity contribution >= 4 is 5.97 Å². The van der Waals surface area contributed by atoms with Crippen LogP contribution in [0.4, 0.5) is 0 Å². The first kappa shape index (κ1) is 30.2. The van der Waals surface area contributed by atoms with E-state index in [1.165, 1.54) is 20.0 Å². The number of aliphatic carboxylic acids is 1. The van der Waals surface area contributed by atoms with Gasteiger partial charge in [-0.15, -0.1) is 0 Å². The second kappa shape index (κ2) is 16.2. The molecule has 0 atom stereocenters. The Hall–Kier alpha value is -0.660. The summed E-state index contributed by atoms with van der Waals surface area (Å²) in [4.78, 5) is 9.49. The maximum atomic E-state index is 9.49. The quantitative estimate of drug-likeness (QED) is 0.365. The van der Waals surface area contributed by atoms with Gasteiger partial charge in [0.15, 0.2) is 0 Å². The first-order chi connectivity index (χ1) is 9.76. The molecular weight excluding hydrogens is 316 g/mol. The largest absolute Gasteiger partial charge is 1.00 e. The lowest BCUT2D eigenvalue weighted by atomic mass is 10.4. The van der Waals surface area contributed by atoms with Crippen LogP contribution < -0.4 is 29.0 Å². The van der Waals surface area contributed by atoms with Crippen molar-refractivity contribution < 1.29 is 31.3 Å². The highest BCUT2D eigenvalue weighted by Crippen LogP contribution is 1.90. The Balaban J connectivity index is -0.000000117. The monoisotopic (exact) mass is 354 g/mol. The molecule has 0 saturated heterocycles. The Kier molecular flexibility index (Phi) is 21.3. The summed E-state index contributed by atoms with van der Waals surface area (Å²) >= 11 is 0. The smallest absolute Gasteiger partial charge is 0.0792 e. The summed E-state index contributed by atoms with van der Waals surface area (Å²) in [5, 5.41) is 9.49. The number of nitrogens with zero attached hydrogens (tertiary/aromatic N) is 2. The molecular formula is C16H39ClN4O2. The molecule has 0 rings (SSSR count). The van der Waals surface area contributed by atoms with Gasteiger partial charge in [0, 0.05) is 12.8 Å². The average Bonchev–Trinajstić information content (AvgIpc) is 2.33. The minimum absolute atomic E-state index is 0. The Bertz CT molecular complexity index is 267. The lowest BCUT2D eigenvalue weighted by Gasteiger charge is -2.23. The lowest BCUT2D eigenvalue weighted by molar-refractivity contribution is -0.870. The summed E-state index contributed by atoms with van der Waals surface area (Å²) in [6, 6.07) is 0. The van der Waals surface area contributed by atoms with Crippen LogP contribution in [0, 0.1) is 0 Å². The van der Waals surface area contributed by atoms with Crippen molar-refractivity contribution in [2.45, 2.75) is 19.8 Å². The predicted octanol–water partition coefficient (Wildman–Crippen LogP) is -3.60. The molecule has 0 aliphatic carbocycles. The Morgan fingerprint density at radius 1 is 0.913 bits per heavy atom. The van der Waals surface area contributed by atoms with E-state index in [9.17, 15) is 9.90 Å². The molecule has 0 bridgehead atoms. The van der Waals surface area contributed by atoms with Gasteiger partial charge in [-0.2, -0.15) is 0 Å². The van der Waals surface area contributed by atoms with E-state index in [0.29, 0.717) is 0 Å². The van der Waals surface area contributed by atoms with Crippen molar-refractivity contribution in [1.82, 2.24) is 0 Å². The van der Waals surface area contributed by atoms with Crippen LogP contribution in [0.25, 0.3) is 0 Å². The second-order valence-corrected chi connectivity index (χ2v) is 7.38. The van der Waals surface area contributed by atoms with Crippen molar-refractivity contribution in [2.24, 2.45) is 11.5 Å². The van der Waals surface area contributed by atoms with Crippen LogP contribution in [-0.4, -0.2) is 83.4 Å². The number of quaternary nitrogens is 2. The molecule has 0 aliphatic heterocycles. The highest BCUT2D eigenvalue weighted by Gasteiger charge is 2.03. The molecule has 0 saturated carbocycles. The van der Waals surface area contributed by atoms with Crippen molar-refractivity contribution in [1.29, 1.82) is 0 Å². The molecule has 6 nitrogen and oxygen atoms in total. The zero-order valence-corrected chi connectivity index (χ0v) is 16.9. The molecule has 0 amide bonds. The number of hydrogen-bond acceptors (Lipinski definition) is 4. The molecule has 0 aromatic carbocycles. The van der Waals surface area contributed by atoms with Crippen LogP contribution in [0.3, 0.4) is 0 Å². The molecule has 0 aromatic rings. The van der Waals surface area contributed by atoms with Crippen LogP contribution >= 0.6 is 0 Å². The van der Waals surface area contributed by atoms with E-state index in [2.05, 4.69) is 48.9 Å². The Morgan fingerprint density at radius 2 is 1.13 bits per heavy atom. The SMILES string of the molecule is C=C(C)C(=O)[O-].C[N+](C)(C)CCCN.C[N+](C)(C)CCCN.[Cl-]. The molecule has 0 fully saturated rings. The fourth-order valence-electron chi connectivity index (χ4n) is 1.13. The normalized spacial score (nSPS) is 10.3. The number of nitrogens with two attached hydrogens (primary N) is 2. The number of rotatable bonds is 7. The second-order valence-electron chi connectivity index (χ2n) is 7.38. The van der Waals surface area contributed by atoms with E-state index in [1.807, 2.05) is 0 Å². The summed E-state index contributed by atoms with van der Waals surface area (Å²) in [6.07, 6.45) is 2.26. The van der Waals surface area contributed by atoms with E-state index < -0.39 is 5.97 Å². The molecule has 0 aliphatic rings. The summed E-state index contributed by atoms with van der Waals surface area (Å²) in [7, 11) is 13.1. The summed E-state index contributed by atoms with van der Waals surface area (Å²) in [5.74, 6) is -1.19. The Morgan fingerprint density at radius 3 is 1.17 bits per heavy atom. The van der Waals surface area contributed by atoms with E-state index in [0.717, 1.165) is 34.9 Å². The number of hydrogen-bond donors (Lipinski definition) is 2. The number of carbonyl (C=O) groups is 1. The van der Waals surface area contributed by atoms with Crippen molar-refractivity contribution in [3.05, 3.63) is 12.2 Å². The number of carboxylic acid groups (broad SMARTS) is 1. The third-order valence-electron chi connectivity index (χ3n) is 2.41. The zero-order chi connectivity index (χ0) is 18.4. The molecule has 7 heteroatoms. The van der Waals surface area contributed by atoms with Gasteiger partial charge < -0.3 is 42.7 Å². The topological polar surface area (TPSA) is 92.2 Å². The average molecular weight is 355 g/mol. The highest BCUT2D eigenvalue weighted by atomic mass is 35.5. The summed E-state index contributed by atoms with van der Waals surface area (Å²) < 4.78 is 2.05. The van der Waals surface area contributed by atoms with Crippen molar-refractivity contribution in [3.63, 3.8) is 0 Å². The van der Waals surface area contributed by atoms with E-state index in [-0.39, 0.29) is 18.0 Å². The minimum atomic E-state index is -1.19. The lowest BCUT2D eigenvalue weighted by Crippen LogP contribution is -3.00. The van der Waals surface area contributed by atoms with Gasteiger partial charge in [-0.3, -0.25) is 0 Å². The first-order valence-corrected chi connectivity index (χ1v) is 7.64. The van der Waals surface area contributed by atoms with Crippen LogP contribution in [0.5, 0.6) is 0 Å². The maximum Gasteiger partial charge on any atom is 0.0792 e. The van der Waals surface area contributed by atoms with Gasteiger partial charge in [-0.05, 0) is 25.6 Å². The highest BCUT2D eigenvalue weighted by molar-refractivity contribution is 5.82. The third kappa shape index (κ3) is 44.9. The molecule has 4 N–H and O–H groups in total. The molecule has 23 heavy (non-hydrogen) atoms. The van der Waals surface area contributed by atoms with Gasteiger partial charge >= 0.3 is 0 Å². The van der Waals surface area contributed by atoms with E-state index in [1.54, 1.807) is 0 Å². The third-order valence-corrected chi connectivity index (χ3v) is 2.41. The van der Waals surface area contributed by atoms with Gasteiger partial charge in [-0.1, -0.05) is 6.58 Å². The fraction of sp³-hybridized carbons (Fsp3) is 0.812. The van der Waals surface area contributed by atoms with Crippen LogP contribution in [0.2, 0.25) is 0 Å². The summed E-state index contributed by atoms with van der Waals surface area (Å²) in [5.41, 5.74) is 10.7. The van der Waals surface area contributed by atoms with Gasteiger partial charge in [0.25, 0.3) is 0 Å². The fourth-order valence-corrected chi connectivity index (χ4v) is 1.13. The van der Waals surface area contributed by atoms with Gasteiger partial charge in [-0.25, -0.2) is 0 Å². The van der Waals surface area contributed by atoms with Crippen LogP contribution in [-0.2, 0) is 4.79 Å². The number of carboxylic acids is 1.